The number of carbonyl (C=O) groups is 1. The summed E-state index contributed by atoms with van der Waals surface area (Å²) >= 11 is 0. The van der Waals surface area contributed by atoms with Gasteiger partial charge >= 0.3 is 0 Å². The lowest BCUT2D eigenvalue weighted by Crippen LogP contribution is -2.12. The van der Waals surface area contributed by atoms with Crippen molar-refractivity contribution in [3.05, 3.63) is 47.0 Å². The first-order valence-corrected chi connectivity index (χ1v) is 7.60. The van der Waals surface area contributed by atoms with Crippen molar-refractivity contribution in [3.8, 4) is 17.2 Å². The van der Waals surface area contributed by atoms with Crippen molar-refractivity contribution in [1.29, 1.82) is 0 Å². The van der Waals surface area contributed by atoms with Crippen LogP contribution in [0.2, 0.25) is 0 Å². The summed E-state index contributed by atoms with van der Waals surface area (Å²) in [5, 5.41) is 6.14. The van der Waals surface area contributed by atoms with Gasteiger partial charge in [0.1, 0.15) is 0 Å². The molecule has 0 fully saturated rings. The van der Waals surface area contributed by atoms with Crippen LogP contribution in [0.15, 0.2) is 30.3 Å². The summed E-state index contributed by atoms with van der Waals surface area (Å²) in [7, 11) is 4.62. The summed E-state index contributed by atoms with van der Waals surface area (Å²) in [6.07, 6.45) is 0. The number of carbonyl (C=O) groups excluding carboxylic acids is 1. The number of hydrogen-bond acceptors (Lipinski definition) is 5. The molecule has 0 radical (unpaired) electrons. The van der Waals surface area contributed by atoms with Crippen molar-refractivity contribution in [2.45, 2.75) is 13.1 Å². The molecule has 0 saturated carbocycles. The smallest absolute Gasteiger partial charge is 0.255 e. The van der Waals surface area contributed by atoms with E-state index in [4.69, 9.17) is 14.2 Å². The highest BCUT2D eigenvalue weighted by atomic mass is 16.5. The molecule has 1 aliphatic heterocycles. The fourth-order valence-electron chi connectivity index (χ4n) is 2.79. The number of ether oxygens (including phenoxy) is 3. The van der Waals surface area contributed by atoms with Crippen molar-refractivity contribution in [2.24, 2.45) is 0 Å². The van der Waals surface area contributed by atoms with E-state index >= 15 is 0 Å². The van der Waals surface area contributed by atoms with Gasteiger partial charge in [0.15, 0.2) is 11.5 Å². The average Bonchev–Trinajstić information content (AvgIpc) is 3.08. The molecule has 2 aromatic rings. The molecule has 0 unspecified atom stereocenters. The molecule has 6 heteroatoms. The summed E-state index contributed by atoms with van der Waals surface area (Å²) in [6.45, 7) is 1.64. The first-order valence-electron chi connectivity index (χ1n) is 7.60. The van der Waals surface area contributed by atoms with Gasteiger partial charge in [0.2, 0.25) is 5.75 Å². The Balaban J connectivity index is 1.86. The Morgan fingerprint density at radius 1 is 0.958 bits per heavy atom. The molecule has 0 aliphatic carbocycles. The lowest BCUT2D eigenvalue weighted by molar-refractivity contribution is 0.102. The molecule has 2 aromatic carbocycles. The minimum atomic E-state index is -0.182. The van der Waals surface area contributed by atoms with Gasteiger partial charge in [-0.2, -0.15) is 0 Å². The molecule has 126 valence electrons. The third-order valence-electron chi connectivity index (χ3n) is 4.02. The standard InChI is InChI=1S/C18H20N2O4/c1-22-15-7-14(8-16(23-2)17(15)24-3)20-18(21)11-4-5-12-9-19-10-13(12)6-11/h4-8,19H,9-10H2,1-3H3,(H,20,21). The molecule has 3 rings (SSSR count). The molecular formula is C18H20N2O4. The van der Waals surface area contributed by atoms with Gasteiger partial charge < -0.3 is 24.8 Å². The van der Waals surface area contributed by atoms with E-state index in [1.165, 1.54) is 26.9 Å². The number of methoxy groups -OCH3 is 3. The average molecular weight is 328 g/mol. The topological polar surface area (TPSA) is 68.8 Å². The maximum atomic E-state index is 12.5. The monoisotopic (exact) mass is 328 g/mol. The Labute approximate surface area is 140 Å². The lowest BCUT2D eigenvalue weighted by Gasteiger charge is -2.14. The van der Waals surface area contributed by atoms with E-state index in [0.717, 1.165) is 18.7 Å². The zero-order chi connectivity index (χ0) is 17.1. The number of anilines is 1. The predicted octanol–water partition coefficient (Wildman–Crippen LogP) is 2.57. The number of benzene rings is 2. The van der Waals surface area contributed by atoms with Gasteiger partial charge in [-0.1, -0.05) is 6.07 Å². The molecule has 1 aliphatic rings. The van der Waals surface area contributed by atoms with Crippen LogP contribution >= 0.6 is 0 Å². The van der Waals surface area contributed by atoms with Gasteiger partial charge in [-0.3, -0.25) is 4.79 Å². The SMILES string of the molecule is COc1cc(NC(=O)c2ccc3c(c2)CNC3)cc(OC)c1OC. The van der Waals surface area contributed by atoms with E-state index in [0.29, 0.717) is 28.5 Å². The molecule has 0 bridgehead atoms. The van der Waals surface area contributed by atoms with E-state index in [1.54, 1.807) is 12.1 Å². The zero-order valence-corrected chi connectivity index (χ0v) is 13.9. The normalized spacial score (nSPS) is 12.5. The fourth-order valence-corrected chi connectivity index (χ4v) is 2.79. The summed E-state index contributed by atoms with van der Waals surface area (Å²) in [5.41, 5.74) is 3.59. The van der Waals surface area contributed by atoms with Crippen molar-refractivity contribution in [1.82, 2.24) is 5.32 Å². The van der Waals surface area contributed by atoms with Crippen LogP contribution in [0.5, 0.6) is 17.2 Å². The number of fused-ring (bicyclic) bond motifs is 1. The van der Waals surface area contributed by atoms with E-state index < -0.39 is 0 Å². The van der Waals surface area contributed by atoms with Crippen molar-refractivity contribution < 1.29 is 19.0 Å². The predicted molar refractivity (Wildman–Crippen MR) is 91.0 cm³/mol. The van der Waals surface area contributed by atoms with Crippen molar-refractivity contribution in [2.75, 3.05) is 26.6 Å². The quantitative estimate of drug-likeness (QED) is 0.883. The molecule has 0 saturated heterocycles. The molecule has 0 spiro atoms. The van der Waals surface area contributed by atoms with Crippen LogP contribution in [-0.4, -0.2) is 27.2 Å². The molecular weight excluding hydrogens is 308 g/mol. The summed E-state index contributed by atoms with van der Waals surface area (Å²) in [6, 6.07) is 9.14. The Bertz CT molecular complexity index is 749. The first kappa shape index (κ1) is 16.1. The first-order chi connectivity index (χ1) is 11.7. The summed E-state index contributed by atoms with van der Waals surface area (Å²) in [4.78, 5) is 12.5. The largest absolute Gasteiger partial charge is 0.493 e. The number of hydrogen-bond donors (Lipinski definition) is 2. The van der Waals surface area contributed by atoms with Gasteiger partial charge in [0, 0.05) is 36.5 Å². The minimum absolute atomic E-state index is 0.182. The molecule has 1 heterocycles. The van der Waals surface area contributed by atoms with Crippen LogP contribution in [-0.2, 0) is 13.1 Å². The van der Waals surface area contributed by atoms with Gasteiger partial charge in [0.05, 0.1) is 21.3 Å². The minimum Gasteiger partial charge on any atom is -0.493 e. The highest BCUT2D eigenvalue weighted by Crippen LogP contribution is 2.40. The van der Waals surface area contributed by atoms with Gasteiger partial charge in [-0.15, -0.1) is 0 Å². The second-order valence-corrected chi connectivity index (χ2v) is 5.46. The molecule has 6 nitrogen and oxygen atoms in total. The van der Waals surface area contributed by atoms with E-state index in [9.17, 15) is 4.79 Å². The molecule has 2 N–H and O–H groups in total. The van der Waals surface area contributed by atoms with E-state index in [-0.39, 0.29) is 5.91 Å². The third kappa shape index (κ3) is 3.00. The lowest BCUT2D eigenvalue weighted by atomic mass is 10.1. The zero-order valence-electron chi connectivity index (χ0n) is 13.9. The Hall–Kier alpha value is -2.73. The molecule has 0 aromatic heterocycles. The van der Waals surface area contributed by atoms with Gasteiger partial charge in [0.25, 0.3) is 5.91 Å². The Morgan fingerprint density at radius 3 is 2.25 bits per heavy atom. The van der Waals surface area contributed by atoms with Gasteiger partial charge in [-0.05, 0) is 23.3 Å². The number of rotatable bonds is 5. The molecule has 1 amide bonds. The van der Waals surface area contributed by atoms with Crippen LogP contribution < -0.4 is 24.8 Å². The third-order valence-corrected chi connectivity index (χ3v) is 4.02. The molecule has 24 heavy (non-hydrogen) atoms. The van der Waals surface area contributed by atoms with Crippen molar-refractivity contribution >= 4 is 11.6 Å². The van der Waals surface area contributed by atoms with E-state index in [2.05, 4.69) is 10.6 Å². The maximum Gasteiger partial charge on any atom is 0.255 e. The number of nitrogens with one attached hydrogen (secondary N) is 2. The van der Waals surface area contributed by atoms with E-state index in [1.807, 2.05) is 18.2 Å². The summed E-state index contributed by atoms with van der Waals surface area (Å²) < 4.78 is 15.9. The highest BCUT2D eigenvalue weighted by molar-refractivity contribution is 6.04. The summed E-state index contributed by atoms with van der Waals surface area (Å²) in [5.74, 6) is 1.29. The Morgan fingerprint density at radius 2 is 1.62 bits per heavy atom. The maximum absolute atomic E-state index is 12.5. The second kappa shape index (κ2) is 6.80. The fraction of sp³-hybridized carbons (Fsp3) is 0.278. The number of amides is 1. The van der Waals surface area contributed by atoms with Crippen LogP contribution in [0.3, 0.4) is 0 Å². The van der Waals surface area contributed by atoms with Crippen molar-refractivity contribution in [3.63, 3.8) is 0 Å². The second-order valence-electron chi connectivity index (χ2n) is 5.46. The van der Waals surface area contributed by atoms with Crippen LogP contribution in [0.25, 0.3) is 0 Å². The molecule has 0 atom stereocenters. The van der Waals surface area contributed by atoms with Crippen LogP contribution in [0.1, 0.15) is 21.5 Å². The Kier molecular flexibility index (Phi) is 4.57. The van der Waals surface area contributed by atoms with Crippen LogP contribution in [0, 0.1) is 0 Å². The highest BCUT2D eigenvalue weighted by Gasteiger charge is 2.17. The van der Waals surface area contributed by atoms with Crippen LogP contribution in [0.4, 0.5) is 5.69 Å². The van der Waals surface area contributed by atoms with Gasteiger partial charge in [-0.25, -0.2) is 0 Å².